The van der Waals surface area contributed by atoms with E-state index in [0.29, 0.717) is 50.5 Å². The maximum absolute atomic E-state index is 13.3. The Hall–Kier alpha value is -3.02. The first-order valence-corrected chi connectivity index (χ1v) is 12.4. The van der Waals surface area contributed by atoms with Crippen LogP contribution in [0.5, 0.6) is 11.5 Å². The van der Waals surface area contributed by atoms with Crippen LogP contribution >= 0.6 is 0 Å². The van der Waals surface area contributed by atoms with Crippen LogP contribution in [0.1, 0.15) is 58.6 Å². The predicted molar refractivity (Wildman–Crippen MR) is 136 cm³/mol. The second-order valence-electron chi connectivity index (χ2n) is 8.46. The number of ether oxygens (including phenoxy) is 2. The van der Waals surface area contributed by atoms with E-state index in [0.717, 1.165) is 17.5 Å². The molecule has 34 heavy (non-hydrogen) atoms. The fourth-order valence-corrected chi connectivity index (χ4v) is 3.68. The highest BCUT2D eigenvalue weighted by Crippen LogP contribution is 2.29. The zero-order chi connectivity index (χ0) is 24.9. The van der Waals surface area contributed by atoms with E-state index in [4.69, 9.17) is 9.47 Å². The number of nitrogens with one attached hydrogen (secondary N) is 1. The van der Waals surface area contributed by atoms with Crippen LogP contribution in [-0.4, -0.2) is 48.6 Å². The summed E-state index contributed by atoms with van der Waals surface area (Å²) in [5, 5.41) is 3.01. The Morgan fingerprint density at radius 1 is 0.882 bits per heavy atom. The lowest BCUT2D eigenvalue weighted by molar-refractivity contribution is -0.140. The van der Waals surface area contributed by atoms with Crippen molar-refractivity contribution in [3.8, 4) is 11.5 Å². The second kappa shape index (κ2) is 14.3. The molecular formula is C28H40N2O4. The van der Waals surface area contributed by atoms with Crippen molar-refractivity contribution in [1.29, 1.82) is 0 Å². The minimum Gasteiger partial charge on any atom is -0.490 e. The van der Waals surface area contributed by atoms with E-state index in [2.05, 4.69) is 5.32 Å². The minimum atomic E-state index is -0.537. The van der Waals surface area contributed by atoms with Gasteiger partial charge in [0.25, 0.3) is 0 Å². The lowest BCUT2D eigenvalue weighted by atomic mass is 10.1. The van der Waals surface area contributed by atoms with Crippen LogP contribution in [0.15, 0.2) is 48.5 Å². The lowest BCUT2D eigenvalue weighted by Gasteiger charge is -2.29. The number of nitrogens with zero attached hydrogens (tertiary/aromatic N) is 1. The van der Waals surface area contributed by atoms with Crippen molar-refractivity contribution in [2.75, 3.05) is 19.8 Å². The van der Waals surface area contributed by atoms with E-state index in [1.807, 2.05) is 83.1 Å². The standard InChI is InChI=1S/C28H40N2O4/c1-6-21(4)29-28(32)22(5)30(19-18-23-12-10-9-11-13-23)27(31)17-15-24-14-16-25(33-7-2)26(20-24)34-8-3/h9-14,16,20-22H,6-8,15,17-19H2,1-5H3,(H,29,32)/t21-,22+/m1/s1. The molecule has 0 aliphatic carbocycles. The first-order valence-electron chi connectivity index (χ1n) is 12.4. The summed E-state index contributed by atoms with van der Waals surface area (Å²) in [6.07, 6.45) is 2.42. The number of amides is 2. The van der Waals surface area contributed by atoms with Gasteiger partial charge in [-0.1, -0.05) is 43.3 Å². The van der Waals surface area contributed by atoms with E-state index in [1.165, 1.54) is 0 Å². The van der Waals surface area contributed by atoms with Crippen molar-refractivity contribution in [3.05, 3.63) is 59.7 Å². The van der Waals surface area contributed by atoms with Crippen molar-refractivity contribution >= 4 is 11.8 Å². The molecule has 0 radical (unpaired) electrons. The molecule has 0 bridgehead atoms. The average Bonchev–Trinajstić information content (AvgIpc) is 2.84. The van der Waals surface area contributed by atoms with Gasteiger partial charge < -0.3 is 19.7 Å². The fourth-order valence-electron chi connectivity index (χ4n) is 3.68. The van der Waals surface area contributed by atoms with Gasteiger partial charge in [0.2, 0.25) is 11.8 Å². The van der Waals surface area contributed by atoms with Crippen molar-refractivity contribution in [2.45, 2.75) is 72.4 Å². The third kappa shape index (κ3) is 8.40. The Bertz CT molecular complexity index is 901. The number of hydrogen-bond acceptors (Lipinski definition) is 4. The molecule has 0 heterocycles. The quantitative estimate of drug-likeness (QED) is 0.433. The summed E-state index contributed by atoms with van der Waals surface area (Å²) in [7, 11) is 0. The topological polar surface area (TPSA) is 67.9 Å². The molecule has 0 fully saturated rings. The molecule has 0 unspecified atom stereocenters. The van der Waals surface area contributed by atoms with Gasteiger partial charge in [0, 0.05) is 19.0 Å². The molecular weight excluding hydrogens is 428 g/mol. The second-order valence-corrected chi connectivity index (χ2v) is 8.46. The van der Waals surface area contributed by atoms with Crippen LogP contribution in [-0.2, 0) is 22.4 Å². The number of benzene rings is 2. The van der Waals surface area contributed by atoms with Crippen LogP contribution < -0.4 is 14.8 Å². The van der Waals surface area contributed by atoms with Gasteiger partial charge in [0.15, 0.2) is 11.5 Å². The Balaban J connectivity index is 2.11. The molecule has 1 N–H and O–H groups in total. The van der Waals surface area contributed by atoms with Crippen molar-refractivity contribution in [1.82, 2.24) is 10.2 Å². The molecule has 0 saturated heterocycles. The number of hydrogen-bond donors (Lipinski definition) is 1. The molecule has 2 aromatic rings. The zero-order valence-electron chi connectivity index (χ0n) is 21.3. The van der Waals surface area contributed by atoms with E-state index >= 15 is 0 Å². The highest BCUT2D eigenvalue weighted by Gasteiger charge is 2.26. The normalized spacial score (nSPS) is 12.5. The van der Waals surface area contributed by atoms with E-state index in [9.17, 15) is 9.59 Å². The van der Waals surface area contributed by atoms with E-state index in [1.54, 1.807) is 4.90 Å². The molecule has 0 aliphatic rings. The van der Waals surface area contributed by atoms with Crippen LogP contribution in [0.3, 0.4) is 0 Å². The summed E-state index contributed by atoms with van der Waals surface area (Å²) < 4.78 is 11.4. The van der Waals surface area contributed by atoms with Gasteiger partial charge in [-0.25, -0.2) is 0 Å². The first kappa shape index (κ1) is 27.2. The molecule has 2 rings (SSSR count). The van der Waals surface area contributed by atoms with Gasteiger partial charge in [-0.3, -0.25) is 9.59 Å². The maximum Gasteiger partial charge on any atom is 0.242 e. The maximum atomic E-state index is 13.3. The van der Waals surface area contributed by atoms with Crippen LogP contribution in [0.25, 0.3) is 0 Å². The first-order chi connectivity index (χ1) is 16.4. The number of carbonyl (C=O) groups excluding carboxylic acids is 2. The van der Waals surface area contributed by atoms with Crippen molar-refractivity contribution < 1.29 is 19.1 Å². The number of aryl methyl sites for hydroxylation is 1. The molecule has 0 spiro atoms. The summed E-state index contributed by atoms with van der Waals surface area (Å²) in [4.78, 5) is 27.8. The van der Waals surface area contributed by atoms with Gasteiger partial charge in [0.05, 0.1) is 13.2 Å². The van der Waals surface area contributed by atoms with E-state index < -0.39 is 6.04 Å². The monoisotopic (exact) mass is 468 g/mol. The highest BCUT2D eigenvalue weighted by atomic mass is 16.5. The molecule has 0 aromatic heterocycles. The summed E-state index contributed by atoms with van der Waals surface area (Å²) in [6, 6.07) is 15.4. The SMILES string of the molecule is CCOc1ccc(CCC(=O)N(CCc2ccccc2)[C@@H](C)C(=O)N[C@H](C)CC)cc1OCC. The molecule has 2 aromatic carbocycles. The number of rotatable bonds is 14. The highest BCUT2D eigenvalue weighted by molar-refractivity contribution is 5.87. The largest absolute Gasteiger partial charge is 0.490 e. The Morgan fingerprint density at radius 2 is 1.56 bits per heavy atom. The molecule has 2 atom stereocenters. The predicted octanol–water partition coefficient (Wildman–Crippen LogP) is 4.79. The molecule has 6 nitrogen and oxygen atoms in total. The van der Waals surface area contributed by atoms with Gasteiger partial charge in [0.1, 0.15) is 6.04 Å². The van der Waals surface area contributed by atoms with Crippen molar-refractivity contribution in [3.63, 3.8) is 0 Å². The van der Waals surface area contributed by atoms with Crippen LogP contribution in [0.4, 0.5) is 0 Å². The van der Waals surface area contributed by atoms with Gasteiger partial charge >= 0.3 is 0 Å². The average molecular weight is 469 g/mol. The van der Waals surface area contributed by atoms with Gasteiger partial charge in [-0.2, -0.15) is 0 Å². The third-order valence-corrected chi connectivity index (χ3v) is 5.89. The third-order valence-electron chi connectivity index (χ3n) is 5.89. The Labute approximate surface area is 204 Å². The van der Waals surface area contributed by atoms with Crippen LogP contribution in [0, 0.1) is 0 Å². The van der Waals surface area contributed by atoms with Gasteiger partial charge in [-0.05, 0) is 70.2 Å². The molecule has 186 valence electrons. The van der Waals surface area contributed by atoms with Gasteiger partial charge in [-0.15, -0.1) is 0 Å². The summed E-state index contributed by atoms with van der Waals surface area (Å²) in [6.45, 7) is 11.3. The number of carbonyl (C=O) groups is 2. The van der Waals surface area contributed by atoms with Crippen molar-refractivity contribution in [2.24, 2.45) is 0 Å². The fraction of sp³-hybridized carbons (Fsp3) is 0.500. The summed E-state index contributed by atoms with van der Waals surface area (Å²) in [5.74, 6) is 1.25. The van der Waals surface area contributed by atoms with Crippen LogP contribution in [0.2, 0.25) is 0 Å². The zero-order valence-corrected chi connectivity index (χ0v) is 21.3. The summed E-state index contributed by atoms with van der Waals surface area (Å²) >= 11 is 0. The Morgan fingerprint density at radius 3 is 2.21 bits per heavy atom. The van der Waals surface area contributed by atoms with E-state index in [-0.39, 0.29) is 17.9 Å². The minimum absolute atomic E-state index is 0.0328. The molecule has 2 amide bonds. The summed E-state index contributed by atoms with van der Waals surface area (Å²) in [5.41, 5.74) is 2.14. The molecule has 0 saturated carbocycles. The lowest BCUT2D eigenvalue weighted by Crippen LogP contribution is -2.50. The molecule has 0 aliphatic heterocycles. The molecule has 6 heteroatoms. The Kier molecular flexibility index (Phi) is 11.4. The smallest absolute Gasteiger partial charge is 0.242 e.